The van der Waals surface area contributed by atoms with Crippen LogP contribution in [0.25, 0.3) is 0 Å². The van der Waals surface area contributed by atoms with Crippen LogP contribution in [-0.2, 0) is 9.59 Å². The first-order chi connectivity index (χ1) is 9.07. The third-order valence-corrected chi connectivity index (χ3v) is 3.66. The number of aliphatic hydroxyl groups is 1. The fourth-order valence-corrected chi connectivity index (χ4v) is 2.63. The lowest BCUT2D eigenvalue weighted by Gasteiger charge is -2.38. The zero-order chi connectivity index (χ0) is 13.9. The van der Waals surface area contributed by atoms with Crippen LogP contribution < -0.4 is 10.6 Å². The lowest BCUT2D eigenvalue weighted by molar-refractivity contribution is -0.136. The van der Waals surface area contributed by atoms with Gasteiger partial charge in [-0.05, 0) is 25.7 Å². The highest BCUT2D eigenvalue weighted by Crippen LogP contribution is 2.25. The van der Waals surface area contributed by atoms with Crippen molar-refractivity contribution in [3.63, 3.8) is 0 Å². The summed E-state index contributed by atoms with van der Waals surface area (Å²) in [6.45, 7) is 0.932. The number of amides is 4. The van der Waals surface area contributed by atoms with Crippen molar-refractivity contribution in [1.82, 2.24) is 15.5 Å². The van der Waals surface area contributed by atoms with Gasteiger partial charge in [0.1, 0.15) is 5.54 Å². The van der Waals surface area contributed by atoms with Crippen molar-refractivity contribution in [1.29, 1.82) is 0 Å². The van der Waals surface area contributed by atoms with Crippen LogP contribution in [0.4, 0.5) is 4.79 Å². The Balaban J connectivity index is 1.95. The molecule has 0 radical (unpaired) electrons. The van der Waals surface area contributed by atoms with E-state index in [1.165, 1.54) is 0 Å². The first kappa shape index (κ1) is 13.8. The van der Waals surface area contributed by atoms with Gasteiger partial charge in [-0.2, -0.15) is 0 Å². The van der Waals surface area contributed by atoms with Gasteiger partial charge in [-0.15, -0.1) is 0 Å². The van der Waals surface area contributed by atoms with Crippen LogP contribution in [0.15, 0.2) is 0 Å². The molecule has 0 aliphatic carbocycles. The van der Waals surface area contributed by atoms with Gasteiger partial charge in [-0.25, -0.2) is 4.79 Å². The number of nitrogens with zero attached hydrogens (tertiary/aromatic N) is 1. The molecule has 0 saturated carbocycles. The first-order valence-electron chi connectivity index (χ1n) is 6.60. The molecule has 0 bridgehead atoms. The summed E-state index contributed by atoms with van der Waals surface area (Å²) >= 11 is 0. The molecule has 19 heavy (non-hydrogen) atoms. The predicted octanol–water partition coefficient (Wildman–Crippen LogP) is -0.650. The zero-order valence-electron chi connectivity index (χ0n) is 10.8. The van der Waals surface area contributed by atoms with Crippen LogP contribution in [0.1, 0.15) is 32.1 Å². The van der Waals surface area contributed by atoms with Crippen molar-refractivity contribution in [3.05, 3.63) is 0 Å². The topological polar surface area (TPSA) is 98.7 Å². The molecule has 1 spiro atoms. The van der Waals surface area contributed by atoms with E-state index in [4.69, 9.17) is 5.11 Å². The third-order valence-electron chi connectivity index (χ3n) is 3.66. The lowest BCUT2D eigenvalue weighted by Crippen LogP contribution is -2.59. The Bertz CT molecular complexity index is 398. The molecule has 7 nitrogen and oxygen atoms in total. The van der Waals surface area contributed by atoms with Gasteiger partial charge in [-0.1, -0.05) is 0 Å². The van der Waals surface area contributed by atoms with Gasteiger partial charge in [0, 0.05) is 19.6 Å². The number of nitrogens with one attached hydrogen (secondary N) is 2. The molecule has 0 aromatic heterocycles. The molecular weight excluding hydrogens is 250 g/mol. The van der Waals surface area contributed by atoms with Crippen LogP contribution in [-0.4, -0.2) is 53.1 Å². The Labute approximate surface area is 111 Å². The van der Waals surface area contributed by atoms with Gasteiger partial charge in [0.05, 0.1) is 6.54 Å². The highest BCUT2D eigenvalue weighted by atomic mass is 16.3. The summed E-state index contributed by atoms with van der Waals surface area (Å²) in [5.41, 5.74) is -0.942. The quantitative estimate of drug-likeness (QED) is 0.466. The zero-order valence-corrected chi connectivity index (χ0v) is 10.8. The molecule has 2 fully saturated rings. The van der Waals surface area contributed by atoms with E-state index in [1.807, 2.05) is 0 Å². The minimum Gasteiger partial charge on any atom is -0.396 e. The van der Waals surface area contributed by atoms with E-state index in [-0.39, 0.29) is 25.0 Å². The van der Waals surface area contributed by atoms with E-state index >= 15 is 0 Å². The molecular formula is C12H19N3O4. The summed E-state index contributed by atoms with van der Waals surface area (Å²) in [6.07, 6.45) is 2.86. The molecule has 2 aliphatic heterocycles. The molecule has 0 aromatic carbocycles. The monoisotopic (exact) mass is 269 g/mol. The van der Waals surface area contributed by atoms with Gasteiger partial charge in [0.2, 0.25) is 5.91 Å². The van der Waals surface area contributed by atoms with E-state index < -0.39 is 11.6 Å². The summed E-state index contributed by atoms with van der Waals surface area (Å²) in [7, 11) is 0. The molecule has 2 aliphatic rings. The second-order valence-corrected chi connectivity index (χ2v) is 5.09. The smallest absolute Gasteiger partial charge is 0.322 e. The first-order valence-corrected chi connectivity index (χ1v) is 6.60. The maximum absolute atomic E-state index is 12.0. The number of imide groups is 1. The van der Waals surface area contributed by atoms with Gasteiger partial charge < -0.3 is 15.3 Å². The number of aliphatic hydroxyl groups excluding tert-OH is 1. The summed E-state index contributed by atoms with van der Waals surface area (Å²) in [6, 6.07) is -0.487. The molecule has 0 aromatic rings. The maximum Gasteiger partial charge on any atom is 0.322 e. The summed E-state index contributed by atoms with van der Waals surface area (Å²) in [5.74, 6) is -0.369. The molecule has 1 atom stereocenters. The highest BCUT2D eigenvalue weighted by molar-refractivity contribution is 6.07. The second-order valence-electron chi connectivity index (χ2n) is 5.09. The SMILES string of the molecule is O=C1NC(=O)C2(CCCN(C(=O)CCCCO)C2)N1. The van der Waals surface area contributed by atoms with Crippen LogP contribution in [0, 0.1) is 0 Å². The van der Waals surface area contributed by atoms with Crippen molar-refractivity contribution in [2.75, 3.05) is 19.7 Å². The third kappa shape index (κ3) is 2.86. The molecule has 2 rings (SSSR count). The van der Waals surface area contributed by atoms with Crippen LogP contribution in [0.5, 0.6) is 0 Å². The van der Waals surface area contributed by atoms with Crippen LogP contribution >= 0.6 is 0 Å². The standard InChI is InChI=1S/C12H19N3O4/c16-7-2-1-4-9(17)15-6-3-5-12(8-15)10(18)13-11(19)14-12/h16H,1-8H2,(H2,13,14,18,19). The summed E-state index contributed by atoms with van der Waals surface area (Å²) in [5, 5.41) is 13.6. The number of rotatable bonds is 4. The number of unbranched alkanes of at least 4 members (excludes halogenated alkanes) is 1. The Morgan fingerprint density at radius 2 is 2.16 bits per heavy atom. The minimum atomic E-state index is -0.942. The molecule has 106 valence electrons. The average Bonchev–Trinajstić information content (AvgIpc) is 2.64. The molecule has 1 unspecified atom stereocenters. The normalized spacial score (nSPS) is 26.5. The van der Waals surface area contributed by atoms with E-state index in [1.54, 1.807) is 4.90 Å². The Morgan fingerprint density at radius 1 is 1.37 bits per heavy atom. The second kappa shape index (κ2) is 5.56. The molecule has 2 heterocycles. The van der Waals surface area contributed by atoms with E-state index in [2.05, 4.69) is 10.6 Å². The maximum atomic E-state index is 12.0. The largest absolute Gasteiger partial charge is 0.396 e. The van der Waals surface area contributed by atoms with Gasteiger partial charge >= 0.3 is 6.03 Å². The number of carbonyl (C=O) groups excluding carboxylic acids is 3. The van der Waals surface area contributed by atoms with Crippen LogP contribution in [0.2, 0.25) is 0 Å². The van der Waals surface area contributed by atoms with Crippen molar-refractivity contribution in [3.8, 4) is 0 Å². The van der Waals surface area contributed by atoms with E-state index in [0.717, 1.165) is 0 Å². The highest BCUT2D eigenvalue weighted by Gasteiger charge is 2.49. The number of hydrogen-bond donors (Lipinski definition) is 3. The van der Waals surface area contributed by atoms with Crippen molar-refractivity contribution in [2.45, 2.75) is 37.6 Å². The Morgan fingerprint density at radius 3 is 2.79 bits per heavy atom. The molecule has 2 saturated heterocycles. The summed E-state index contributed by atoms with van der Waals surface area (Å²) < 4.78 is 0. The van der Waals surface area contributed by atoms with Crippen molar-refractivity contribution in [2.24, 2.45) is 0 Å². The van der Waals surface area contributed by atoms with Crippen molar-refractivity contribution >= 4 is 17.8 Å². The summed E-state index contributed by atoms with van der Waals surface area (Å²) in [4.78, 5) is 36.7. The van der Waals surface area contributed by atoms with E-state index in [0.29, 0.717) is 38.6 Å². The number of urea groups is 1. The van der Waals surface area contributed by atoms with E-state index in [9.17, 15) is 14.4 Å². The lowest BCUT2D eigenvalue weighted by atomic mass is 9.89. The number of carbonyl (C=O) groups is 3. The fraction of sp³-hybridized carbons (Fsp3) is 0.750. The Hall–Kier alpha value is -1.63. The number of piperidine rings is 1. The predicted molar refractivity (Wildman–Crippen MR) is 66.2 cm³/mol. The van der Waals surface area contributed by atoms with Gasteiger partial charge in [0.15, 0.2) is 0 Å². The number of likely N-dealkylation sites (tertiary alicyclic amines) is 1. The molecule has 4 amide bonds. The fourth-order valence-electron chi connectivity index (χ4n) is 2.63. The van der Waals surface area contributed by atoms with Gasteiger partial charge in [0.25, 0.3) is 5.91 Å². The van der Waals surface area contributed by atoms with Crippen molar-refractivity contribution < 1.29 is 19.5 Å². The average molecular weight is 269 g/mol. The molecule has 7 heteroatoms. The minimum absolute atomic E-state index is 0.0264. The van der Waals surface area contributed by atoms with Crippen LogP contribution in [0.3, 0.4) is 0 Å². The van der Waals surface area contributed by atoms with Gasteiger partial charge in [-0.3, -0.25) is 14.9 Å². The number of hydrogen-bond acceptors (Lipinski definition) is 4. The Kier molecular flexibility index (Phi) is 4.04. The molecule has 3 N–H and O–H groups in total.